The molecule has 12 nitrogen and oxygen atoms in total. The van der Waals surface area contributed by atoms with E-state index < -0.39 is 47.7 Å². The number of amides is 3. The van der Waals surface area contributed by atoms with Crippen molar-refractivity contribution in [2.24, 2.45) is 11.8 Å². The van der Waals surface area contributed by atoms with Crippen molar-refractivity contribution in [3.05, 3.63) is 61.2 Å². The lowest BCUT2D eigenvalue weighted by Gasteiger charge is -2.37. The van der Waals surface area contributed by atoms with E-state index in [0.717, 1.165) is 18.7 Å². The molecule has 1 aromatic rings. The molecule has 51 heavy (non-hydrogen) atoms. The molecule has 1 aromatic carbocycles. The Hall–Kier alpha value is -3.58. The Labute approximate surface area is 302 Å². The van der Waals surface area contributed by atoms with E-state index in [9.17, 15) is 24.3 Å². The number of hydrogen-bond acceptors (Lipinski definition) is 9. The number of carbonyl (C=O) groups excluding carboxylic acids is 4. The zero-order valence-electron chi connectivity index (χ0n) is 30.3. The van der Waals surface area contributed by atoms with Crippen molar-refractivity contribution in [2.45, 2.75) is 81.8 Å². The number of ether oxygens (including phenoxy) is 3. The minimum absolute atomic E-state index is 0.0479. The van der Waals surface area contributed by atoms with Crippen LogP contribution < -0.4 is 0 Å². The maximum Gasteiger partial charge on any atom is 0.313 e. The lowest BCUT2D eigenvalue weighted by molar-refractivity contribution is -0.164. The number of benzene rings is 1. The topological polar surface area (TPSA) is 129 Å². The van der Waals surface area contributed by atoms with Crippen molar-refractivity contribution in [1.29, 1.82) is 0 Å². The second-order valence-corrected chi connectivity index (χ2v) is 14.2. The third kappa shape index (κ3) is 8.24. The van der Waals surface area contributed by atoms with Crippen LogP contribution >= 0.6 is 0 Å². The van der Waals surface area contributed by atoms with Gasteiger partial charge in [-0.05, 0) is 51.0 Å². The minimum Gasteiger partial charge on any atom is -0.455 e. The first-order chi connectivity index (χ1) is 24.7. The summed E-state index contributed by atoms with van der Waals surface area (Å²) in [6, 6.07) is 7.93. The number of allylic oxidation sites excluding steroid dienone is 1. The molecule has 7 atom stereocenters. The molecule has 0 radical (unpaired) electrons. The Morgan fingerprint density at radius 1 is 1.10 bits per heavy atom. The van der Waals surface area contributed by atoms with Crippen LogP contribution in [0.2, 0.25) is 0 Å². The van der Waals surface area contributed by atoms with Gasteiger partial charge in [-0.3, -0.25) is 24.1 Å². The summed E-state index contributed by atoms with van der Waals surface area (Å²) in [6.45, 7) is 14.2. The Bertz CT molecular complexity index is 1390. The van der Waals surface area contributed by atoms with Crippen LogP contribution in [0, 0.1) is 11.8 Å². The zero-order valence-corrected chi connectivity index (χ0v) is 30.3. The summed E-state index contributed by atoms with van der Waals surface area (Å²) in [5, 5.41) is 9.40. The highest BCUT2D eigenvalue weighted by Gasteiger charge is 2.75. The van der Waals surface area contributed by atoms with E-state index in [1.54, 1.807) is 33.9 Å². The molecule has 0 unspecified atom stereocenters. The van der Waals surface area contributed by atoms with Gasteiger partial charge in [0.2, 0.25) is 17.7 Å². The molecule has 12 heteroatoms. The van der Waals surface area contributed by atoms with Crippen LogP contribution in [-0.4, -0.2) is 138 Å². The van der Waals surface area contributed by atoms with Gasteiger partial charge in [-0.25, -0.2) is 0 Å². The monoisotopic (exact) mass is 708 g/mol. The molecule has 4 saturated heterocycles. The predicted octanol–water partition coefficient (Wildman–Crippen LogP) is 2.97. The number of hydrogen-bond donors (Lipinski definition) is 1. The normalized spacial score (nSPS) is 26.7. The number of unbranched alkanes of at least 4 members (excludes halogenated alkanes) is 2. The Balaban J connectivity index is 1.42. The fourth-order valence-electron chi connectivity index (χ4n) is 8.34. The number of aliphatic hydroxyl groups is 1. The van der Waals surface area contributed by atoms with Gasteiger partial charge in [-0.15, -0.1) is 13.2 Å². The lowest BCUT2D eigenvalue weighted by atomic mass is 9.70. The zero-order chi connectivity index (χ0) is 36.5. The highest BCUT2D eigenvalue weighted by atomic mass is 16.6. The van der Waals surface area contributed by atoms with Crippen molar-refractivity contribution in [3.8, 4) is 0 Å². The van der Waals surface area contributed by atoms with Crippen molar-refractivity contribution in [3.63, 3.8) is 0 Å². The van der Waals surface area contributed by atoms with Crippen molar-refractivity contribution >= 4 is 23.7 Å². The number of fused-ring (bicyclic) bond motifs is 1. The van der Waals surface area contributed by atoms with Crippen molar-refractivity contribution in [2.75, 3.05) is 66.1 Å². The summed E-state index contributed by atoms with van der Waals surface area (Å²) in [5.41, 5.74) is -0.430. The van der Waals surface area contributed by atoms with E-state index in [1.807, 2.05) is 37.3 Å². The molecule has 5 rings (SSSR count). The molecule has 0 saturated carbocycles. The standard InChI is InChI=1S/C39H56N4O8/c1-5-7-16-31(45)40(4)28(3)34(29-14-10-8-11-15-29)50-38(48)32-30-17-18-39(51-30)33(32)36(46)43(20-12-9-13-25-44)35(39)37(47)42(19-6-2)22-21-41-23-26-49-27-24-41/h5-6,8,10-11,14-15,28,30,32-35,44H,1-2,7,9,12-13,16-27H2,3-4H3/t28-,30+,32-,33-,34+,35+,39-/m1/s1. The largest absolute Gasteiger partial charge is 0.455 e. The summed E-state index contributed by atoms with van der Waals surface area (Å²) in [5.74, 6) is -2.90. The fraction of sp³-hybridized carbons (Fsp3) is 0.641. The molecule has 4 fully saturated rings. The molecule has 4 heterocycles. The van der Waals surface area contributed by atoms with Gasteiger partial charge >= 0.3 is 5.97 Å². The molecule has 2 bridgehead atoms. The molecule has 4 aliphatic heterocycles. The van der Waals surface area contributed by atoms with Crippen molar-refractivity contribution in [1.82, 2.24) is 19.6 Å². The van der Waals surface area contributed by atoms with Gasteiger partial charge in [0.25, 0.3) is 0 Å². The predicted molar refractivity (Wildman–Crippen MR) is 191 cm³/mol. The Morgan fingerprint density at radius 2 is 1.84 bits per heavy atom. The molecule has 1 N–H and O–H groups in total. The van der Waals surface area contributed by atoms with E-state index in [4.69, 9.17) is 14.2 Å². The van der Waals surface area contributed by atoms with Gasteiger partial charge in [-0.2, -0.15) is 0 Å². The number of carbonyl (C=O) groups is 4. The van der Waals surface area contributed by atoms with Crippen LogP contribution in [0.3, 0.4) is 0 Å². The van der Waals surface area contributed by atoms with Crippen LogP contribution in [0.4, 0.5) is 0 Å². The Morgan fingerprint density at radius 3 is 2.53 bits per heavy atom. The molecule has 4 aliphatic rings. The number of nitrogens with zero attached hydrogens (tertiary/aromatic N) is 4. The first kappa shape index (κ1) is 38.6. The van der Waals surface area contributed by atoms with Gasteiger partial charge < -0.3 is 34.0 Å². The fourth-order valence-corrected chi connectivity index (χ4v) is 8.34. The van der Waals surface area contributed by atoms with E-state index in [0.29, 0.717) is 77.9 Å². The first-order valence-corrected chi connectivity index (χ1v) is 18.6. The number of esters is 1. The maximum atomic E-state index is 14.7. The summed E-state index contributed by atoms with van der Waals surface area (Å²) in [6.07, 6.45) is 5.74. The number of aliphatic hydroxyl groups excluding tert-OH is 1. The third-order valence-electron chi connectivity index (χ3n) is 11.2. The van der Waals surface area contributed by atoms with Crippen molar-refractivity contribution < 1.29 is 38.5 Å². The molecule has 280 valence electrons. The van der Waals surface area contributed by atoms with Crippen LogP contribution in [-0.2, 0) is 33.4 Å². The second-order valence-electron chi connectivity index (χ2n) is 14.2. The van der Waals surface area contributed by atoms with Gasteiger partial charge in [0.1, 0.15) is 17.7 Å². The Kier molecular flexibility index (Phi) is 13.5. The SMILES string of the molecule is C=CCCC(=O)N(C)[C@H](C)[C@H](OC(=O)[C@@H]1[C@@H]2CC[C@]3(O2)[C@H](C(=O)N(CC=C)CCN2CCOCC2)N(CCCCCO)C(=O)[C@@H]13)c1ccccc1. The third-order valence-corrected chi connectivity index (χ3v) is 11.2. The molecule has 0 aromatic heterocycles. The molecule has 0 aliphatic carbocycles. The average Bonchev–Trinajstić information content (AvgIpc) is 3.80. The first-order valence-electron chi connectivity index (χ1n) is 18.6. The highest BCUT2D eigenvalue weighted by molar-refractivity contribution is 5.98. The summed E-state index contributed by atoms with van der Waals surface area (Å²) >= 11 is 0. The number of likely N-dealkylation sites (N-methyl/N-ethyl adjacent to an activating group) is 1. The summed E-state index contributed by atoms with van der Waals surface area (Å²) < 4.78 is 18.5. The van der Waals surface area contributed by atoms with E-state index in [2.05, 4.69) is 18.1 Å². The van der Waals surface area contributed by atoms with Crippen LogP contribution in [0.5, 0.6) is 0 Å². The smallest absolute Gasteiger partial charge is 0.313 e. The maximum absolute atomic E-state index is 14.7. The lowest BCUT2D eigenvalue weighted by Crippen LogP contribution is -2.57. The van der Waals surface area contributed by atoms with Gasteiger partial charge in [0, 0.05) is 59.3 Å². The highest BCUT2D eigenvalue weighted by Crippen LogP contribution is 2.59. The number of morpholine rings is 1. The number of likely N-dealkylation sites (tertiary alicyclic amines) is 1. The molecule has 1 spiro atoms. The summed E-state index contributed by atoms with van der Waals surface area (Å²) in [4.78, 5) is 63.9. The van der Waals surface area contributed by atoms with E-state index in [-0.39, 0.29) is 30.7 Å². The van der Waals surface area contributed by atoms with E-state index in [1.165, 1.54) is 0 Å². The van der Waals surface area contributed by atoms with E-state index >= 15 is 0 Å². The average molecular weight is 709 g/mol. The van der Waals surface area contributed by atoms with Crippen LogP contribution in [0.25, 0.3) is 0 Å². The van der Waals surface area contributed by atoms with Gasteiger partial charge in [0.15, 0.2) is 0 Å². The summed E-state index contributed by atoms with van der Waals surface area (Å²) in [7, 11) is 1.70. The van der Waals surface area contributed by atoms with Gasteiger partial charge in [-0.1, -0.05) is 42.5 Å². The van der Waals surface area contributed by atoms with Crippen LogP contribution in [0.15, 0.2) is 55.6 Å². The molecule has 3 amide bonds. The second kappa shape index (κ2) is 17.8. The molecular weight excluding hydrogens is 652 g/mol. The minimum atomic E-state index is -1.16. The number of rotatable bonds is 19. The van der Waals surface area contributed by atoms with Gasteiger partial charge in [0.05, 0.1) is 37.2 Å². The molecular formula is C39H56N4O8. The quantitative estimate of drug-likeness (QED) is 0.131. The van der Waals surface area contributed by atoms with Crippen LogP contribution in [0.1, 0.15) is 63.5 Å².